The van der Waals surface area contributed by atoms with E-state index in [1.54, 1.807) is 24.4 Å². The van der Waals surface area contributed by atoms with Crippen LogP contribution in [0.1, 0.15) is 88.1 Å². The highest BCUT2D eigenvalue weighted by Gasteiger charge is 2.48. The molecule has 1 fully saturated rings. The Labute approximate surface area is 234 Å². The summed E-state index contributed by atoms with van der Waals surface area (Å²) in [6, 6.07) is 9.01. The molecule has 3 aromatic rings. The Hall–Kier alpha value is -3.80. The zero-order chi connectivity index (χ0) is 27.9. The summed E-state index contributed by atoms with van der Waals surface area (Å²) in [5.41, 5.74) is 1.20. The number of rotatable bonds is 7. The number of benzene rings is 1. The van der Waals surface area contributed by atoms with E-state index >= 15 is 0 Å². The number of esters is 1. The summed E-state index contributed by atoms with van der Waals surface area (Å²) >= 11 is 0. The molecule has 0 radical (unpaired) electrons. The van der Waals surface area contributed by atoms with Crippen molar-refractivity contribution in [2.45, 2.75) is 97.5 Å². The number of hydrogen-bond acceptors (Lipinski definition) is 7. The second-order valence-electron chi connectivity index (χ2n) is 11.5. The molecule has 0 saturated heterocycles. The summed E-state index contributed by atoms with van der Waals surface area (Å²) in [4.78, 5) is 22.2. The third-order valence-electron chi connectivity index (χ3n) is 8.28. The molecule has 2 aliphatic rings. The largest absolute Gasteiger partial charge is 0.512 e. The van der Waals surface area contributed by atoms with Crippen LogP contribution in [0.5, 0.6) is 0 Å². The predicted molar refractivity (Wildman–Crippen MR) is 149 cm³/mol. The first-order chi connectivity index (χ1) is 18.5. The summed E-state index contributed by atoms with van der Waals surface area (Å²) in [6.45, 7) is 7.17. The molecule has 1 aromatic carbocycles. The van der Waals surface area contributed by atoms with Crippen LogP contribution in [0, 0.1) is 36.9 Å². The fourth-order valence-corrected chi connectivity index (χ4v) is 6.07. The molecule has 0 bridgehead atoms. The fraction of sp³-hybridized carbons (Fsp3) is 0.516. The summed E-state index contributed by atoms with van der Waals surface area (Å²) in [7, 11) is 0. The van der Waals surface area contributed by atoms with Crippen molar-refractivity contribution in [1.29, 1.82) is 5.26 Å². The second-order valence-corrected chi connectivity index (χ2v) is 11.5. The molecule has 212 valence electrons. The number of halogens is 1. The quantitative estimate of drug-likeness (QED) is 0.351. The van der Waals surface area contributed by atoms with Gasteiger partial charge in [0.1, 0.15) is 17.2 Å². The van der Waals surface area contributed by atoms with E-state index in [1.807, 2.05) is 26.0 Å². The van der Waals surface area contributed by atoms with Crippen molar-refractivity contribution < 1.29 is 19.0 Å². The SMILES string of the molecule is C.Cc1cc(C)n2nc(CC3=C(O)CC(CCc4ccc(C(C)(C)C#N)c(F)c4)(C4CCCC4)OC3=O)nc2n1. The summed E-state index contributed by atoms with van der Waals surface area (Å²) < 4.78 is 22.7. The van der Waals surface area contributed by atoms with Gasteiger partial charge in [0.15, 0.2) is 5.82 Å². The second kappa shape index (κ2) is 11.0. The Morgan fingerprint density at radius 2 is 1.95 bits per heavy atom. The number of hydrogen-bond donors (Lipinski definition) is 1. The van der Waals surface area contributed by atoms with Crippen LogP contribution in [0.2, 0.25) is 0 Å². The van der Waals surface area contributed by atoms with Crippen molar-refractivity contribution in [3.8, 4) is 6.07 Å². The minimum Gasteiger partial charge on any atom is -0.512 e. The van der Waals surface area contributed by atoms with Gasteiger partial charge in [-0.1, -0.05) is 32.4 Å². The van der Waals surface area contributed by atoms with E-state index in [0.29, 0.717) is 30.0 Å². The number of aryl methyl sites for hydroxylation is 3. The molecule has 1 unspecified atom stereocenters. The van der Waals surface area contributed by atoms with Gasteiger partial charge in [-0.05, 0) is 77.0 Å². The molecule has 1 aliphatic carbocycles. The van der Waals surface area contributed by atoms with Crippen molar-refractivity contribution in [2.24, 2.45) is 5.92 Å². The normalized spacial score (nSPS) is 19.9. The zero-order valence-electron chi connectivity index (χ0n) is 22.9. The smallest absolute Gasteiger partial charge is 0.338 e. The number of fused-ring (bicyclic) bond motifs is 1. The molecular weight excluding hydrogens is 509 g/mol. The van der Waals surface area contributed by atoms with Gasteiger partial charge < -0.3 is 9.84 Å². The van der Waals surface area contributed by atoms with Crippen LogP contribution >= 0.6 is 0 Å². The Morgan fingerprint density at radius 3 is 2.60 bits per heavy atom. The average Bonchev–Trinajstić information content (AvgIpc) is 3.56. The lowest BCUT2D eigenvalue weighted by Crippen LogP contribution is -2.46. The van der Waals surface area contributed by atoms with Crippen molar-refractivity contribution in [3.63, 3.8) is 0 Å². The molecule has 0 spiro atoms. The highest BCUT2D eigenvalue weighted by molar-refractivity contribution is 5.90. The zero-order valence-corrected chi connectivity index (χ0v) is 22.9. The Kier molecular flexibility index (Phi) is 8.02. The van der Waals surface area contributed by atoms with Gasteiger partial charge >= 0.3 is 5.97 Å². The molecule has 1 saturated carbocycles. The number of nitriles is 1. The topological polar surface area (TPSA) is 113 Å². The van der Waals surface area contributed by atoms with Gasteiger partial charge in [-0.2, -0.15) is 10.2 Å². The molecule has 1 atom stereocenters. The van der Waals surface area contributed by atoms with Crippen molar-refractivity contribution >= 4 is 11.7 Å². The van der Waals surface area contributed by atoms with Crippen molar-refractivity contribution in [1.82, 2.24) is 19.6 Å². The monoisotopic (exact) mass is 547 g/mol. The van der Waals surface area contributed by atoms with Crippen molar-refractivity contribution in [3.05, 3.63) is 69.8 Å². The minimum atomic E-state index is -0.928. The highest BCUT2D eigenvalue weighted by atomic mass is 19.1. The molecule has 2 aromatic heterocycles. The molecule has 9 heteroatoms. The lowest BCUT2D eigenvalue weighted by molar-refractivity contribution is -0.167. The van der Waals surface area contributed by atoms with Crippen LogP contribution in [0.15, 0.2) is 35.6 Å². The van der Waals surface area contributed by atoms with Crippen LogP contribution in [0.4, 0.5) is 4.39 Å². The average molecular weight is 548 g/mol. The number of cyclic esters (lactones) is 1. The van der Waals surface area contributed by atoms with Crippen molar-refractivity contribution in [2.75, 3.05) is 0 Å². The summed E-state index contributed by atoms with van der Waals surface area (Å²) in [5, 5.41) is 25.0. The Morgan fingerprint density at radius 1 is 1.23 bits per heavy atom. The van der Waals surface area contributed by atoms with Gasteiger partial charge in [0, 0.05) is 29.8 Å². The van der Waals surface area contributed by atoms with E-state index in [9.17, 15) is 19.6 Å². The van der Waals surface area contributed by atoms with Crippen LogP contribution < -0.4 is 0 Å². The maximum absolute atomic E-state index is 14.9. The van der Waals surface area contributed by atoms with Crippen LogP contribution in [0.3, 0.4) is 0 Å². The summed E-state index contributed by atoms with van der Waals surface area (Å²) in [5.74, 6) is -0.00493. The molecule has 1 N–H and O–H groups in total. The first-order valence-corrected chi connectivity index (χ1v) is 13.6. The molecule has 5 rings (SSSR count). The maximum atomic E-state index is 14.9. The number of aromatic nitrogens is 4. The first kappa shape index (κ1) is 29.2. The number of carbonyl (C=O) groups is 1. The number of nitrogens with zero attached hydrogens (tertiary/aromatic N) is 5. The Bertz CT molecular complexity index is 1510. The van der Waals surface area contributed by atoms with E-state index in [-0.39, 0.29) is 37.5 Å². The van der Waals surface area contributed by atoms with E-state index in [4.69, 9.17) is 4.74 Å². The van der Waals surface area contributed by atoms with Gasteiger partial charge in [0.25, 0.3) is 5.78 Å². The molecule has 0 amide bonds. The standard InChI is InChI=1S/C30H34FN5O3.CH4/c1-18-13-19(2)36-28(33-18)34-26(35-36)15-22-25(37)16-30(39-27(22)38,21-7-5-6-8-21)12-11-20-9-10-23(24(31)14-20)29(3,4)17-32;/h9-10,13-14,21,37H,5-8,11-12,15-16H2,1-4H3;1H4. The lowest BCUT2D eigenvalue weighted by Gasteiger charge is -2.41. The first-order valence-electron chi connectivity index (χ1n) is 13.6. The van der Waals surface area contributed by atoms with Gasteiger partial charge in [-0.15, -0.1) is 5.10 Å². The van der Waals surface area contributed by atoms with Gasteiger partial charge in [0.05, 0.1) is 17.1 Å². The summed E-state index contributed by atoms with van der Waals surface area (Å²) in [6.07, 6.45) is 5.13. The van der Waals surface area contributed by atoms with Crippen LogP contribution in [-0.2, 0) is 27.8 Å². The molecule has 40 heavy (non-hydrogen) atoms. The van der Waals surface area contributed by atoms with Gasteiger partial charge in [0.2, 0.25) is 0 Å². The van der Waals surface area contributed by atoms with Crippen LogP contribution in [0.25, 0.3) is 5.78 Å². The number of aliphatic hydroxyl groups excluding tert-OH is 1. The molecule has 8 nitrogen and oxygen atoms in total. The maximum Gasteiger partial charge on any atom is 0.338 e. The number of aliphatic hydroxyl groups is 1. The minimum absolute atomic E-state index is 0. The lowest BCUT2D eigenvalue weighted by atomic mass is 9.76. The third kappa shape index (κ3) is 5.45. The molecular formula is C31H38FN5O3. The van der Waals surface area contributed by atoms with E-state index in [1.165, 1.54) is 6.07 Å². The molecule has 1 aliphatic heterocycles. The fourth-order valence-electron chi connectivity index (χ4n) is 6.07. The third-order valence-corrected chi connectivity index (χ3v) is 8.28. The van der Waals surface area contributed by atoms with E-state index in [0.717, 1.165) is 42.6 Å². The predicted octanol–water partition coefficient (Wildman–Crippen LogP) is 6.18. The number of ether oxygens (including phenoxy) is 1. The number of carbonyl (C=O) groups excluding carboxylic acids is 1. The van der Waals surface area contributed by atoms with E-state index < -0.39 is 22.8 Å². The highest BCUT2D eigenvalue weighted by Crippen LogP contribution is 2.46. The van der Waals surface area contributed by atoms with Gasteiger partial charge in [-0.25, -0.2) is 18.7 Å². The van der Waals surface area contributed by atoms with Gasteiger partial charge in [-0.3, -0.25) is 0 Å². The Balaban J connectivity index is 0.00000370. The molecule has 3 heterocycles. The van der Waals surface area contributed by atoms with E-state index in [2.05, 4.69) is 21.1 Å². The van der Waals surface area contributed by atoms with Crippen LogP contribution in [-0.4, -0.2) is 36.3 Å².